The first-order valence-corrected chi connectivity index (χ1v) is 13.0. The molecule has 1 aliphatic carbocycles. The lowest BCUT2D eigenvalue weighted by Gasteiger charge is -2.20. The van der Waals surface area contributed by atoms with Crippen LogP contribution in [0.5, 0.6) is 0 Å². The maximum Gasteiger partial charge on any atom is 0.267 e. The number of nitrogens with one attached hydrogen (secondary N) is 1. The van der Waals surface area contributed by atoms with Crippen LogP contribution < -0.4 is 10.9 Å². The molecule has 170 valence electrons. The number of thioether (sulfide) groups is 1. The van der Waals surface area contributed by atoms with Crippen molar-refractivity contribution in [2.75, 3.05) is 5.75 Å². The highest BCUT2D eigenvalue weighted by molar-refractivity contribution is 7.99. The second kappa shape index (κ2) is 9.57. The third kappa shape index (κ3) is 4.50. The van der Waals surface area contributed by atoms with E-state index < -0.39 is 0 Å². The molecule has 1 atom stereocenters. The van der Waals surface area contributed by atoms with E-state index in [-0.39, 0.29) is 17.2 Å². The zero-order valence-electron chi connectivity index (χ0n) is 18.4. The van der Waals surface area contributed by atoms with Gasteiger partial charge in [0, 0.05) is 4.88 Å². The summed E-state index contributed by atoms with van der Waals surface area (Å²) >= 11 is 2.93. The molecule has 0 fully saturated rings. The number of carbonyl (C=O) groups is 1. The van der Waals surface area contributed by atoms with Gasteiger partial charge in [0.1, 0.15) is 10.6 Å². The number of benzene rings is 1. The van der Waals surface area contributed by atoms with Crippen molar-refractivity contribution in [1.82, 2.24) is 14.9 Å². The summed E-state index contributed by atoms with van der Waals surface area (Å²) in [6, 6.07) is 13.2. The fourth-order valence-electron chi connectivity index (χ4n) is 4.30. The Balaban J connectivity index is 1.49. The first-order chi connectivity index (χ1) is 16.1. The normalized spacial score (nSPS) is 15.5. The minimum absolute atomic E-state index is 0.0443. The highest BCUT2D eigenvalue weighted by Gasteiger charge is 2.26. The van der Waals surface area contributed by atoms with Crippen LogP contribution >= 0.6 is 23.1 Å². The second-order valence-electron chi connectivity index (χ2n) is 8.22. The van der Waals surface area contributed by atoms with Crippen molar-refractivity contribution in [3.05, 3.63) is 75.3 Å². The Bertz CT molecular complexity index is 1330. The number of fused-ring (bicyclic) bond motifs is 3. The maximum atomic E-state index is 13.8. The number of amides is 1. The number of aromatic nitrogens is 2. The molecule has 1 aromatic carbocycles. The average Bonchev–Trinajstić information content (AvgIpc) is 3.49. The van der Waals surface area contributed by atoms with Crippen molar-refractivity contribution in [3.63, 3.8) is 0 Å². The van der Waals surface area contributed by atoms with Gasteiger partial charge in [0.15, 0.2) is 5.16 Å². The lowest BCUT2D eigenvalue weighted by molar-refractivity contribution is -0.118. The molecule has 5 rings (SSSR count). The van der Waals surface area contributed by atoms with E-state index in [0.717, 1.165) is 41.6 Å². The van der Waals surface area contributed by atoms with E-state index in [2.05, 4.69) is 12.2 Å². The Hall–Kier alpha value is -2.84. The highest BCUT2D eigenvalue weighted by atomic mass is 32.2. The van der Waals surface area contributed by atoms with E-state index in [4.69, 9.17) is 9.40 Å². The zero-order chi connectivity index (χ0) is 22.8. The van der Waals surface area contributed by atoms with Gasteiger partial charge in [0.05, 0.1) is 29.6 Å². The lowest BCUT2D eigenvalue weighted by Crippen LogP contribution is -2.26. The SMILES string of the molecule is CC[C@H]1CCc2c(sc3nc(SCC(=O)NCc4ccco4)n(-c4ccccc4)c(=O)c23)C1. The van der Waals surface area contributed by atoms with Crippen LogP contribution in [-0.2, 0) is 24.2 Å². The summed E-state index contributed by atoms with van der Waals surface area (Å²) in [6.45, 7) is 2.57. The number of carbonyl (C=O) groups excluding carboxylic acids is 1. The van der Waals surface area contributed by atoms with Gasteiger partial charge in [0.2, 0.25) is 5.91 Å². The quantitative estimate of drug-likeness (QED) is 0.299. The number of nitrogens with zero attached hydrogens (tertiary/aromatic N) is 2. The van der Waals surface area contributed by atoms with Crippen molar-refractivity contribution in [2.24, 2.45) is 5.92 Å². The Morgan fingerprint density at radius 2 is 2.12 bits per heavy atom. The fraction of sp³-hybridized carbons (Fsp3) is 0.320. The molecular weight excluding hydrogens is 454 g/mol. The van der Waals surface area contributed by atoms with Crippen molar-refractivity contribution in [1.29, 1.82) is 0 Å². The minimum atomic E-state index is -0.137. The summed E-state index contributed by atoms with van der Waals surface area (Å²) < 4.78 is 6.92. The molecule has 8 heteroatoms. The third-order valence-electron chi connectivity index (χ3n) is 6.12. The van der Waals surface area contributed by atoms with Crippen molar-refractivity contribution < 1.29 is 9.21 Å². The molecule has 1 aliphatic rings. The van der Waals surface area contributed by atoms with E-state index in [0.29, 0.717) is 23.4 Å². The van der Waals surface area contributed by atoms with Crippen LogP contribution in [0.3, 0.4) is 0 Å². The van der Waals surface area contributed by atoms with Gasteiger partial charge in [-0.15, -0.1) is 11.3 Å². The Morgan fingerprint density at radius 1 is 1.27 bits per heavy atom. The van der Waals surface area contributed by atoms with Gasteiger partial charge in [0.25, 0.3) is 5.56 Å². The number of thiophene rings is 1. The van der Waals surface area contributed by atoms with E-state index >= 15 is 0 Å². The van der Waals surface area contributed by atoms with Crippen LogP contribution in [-0.4, -0.2) is 21.2 Å². The summed E-state index contributed by atoms with van der Waals surface area (Å²) in [7, 11) is 0. The molecule has 0 saturated carbocycles. The molecule has 0 saturated heterocycles. The summed E-state index contributed by atoms with van der Waals surface area (Å²) in [5.41, 5.74) is 1.89. The number of hydrogen-bond donors (Lipinski definition) is 1. The predicted molar refractivity (Wildman–Crippen MR) is 132 cm³/mol. The molecule has 3 aromatic heterocycles. The van der Waals surface area contributed by atoms with E-state index in [1.165, 1.54) is 22.2 Å². The number of para-hydroxylation sites is 1. The van der Waals surface area contributed by atoms with E-state index in [9.17, 15) is 9.59 Å². The predicted octanol–water partition coefficient (Wildman–Crippen LogP) is 4.96. The number of rotatable bonds is 7. The van der Waals surface area contributed by atoms with Gasteiger partial charge in [-0.2, -0.15) is 0 Å². The molecule has 6 nitrogen and oxygen atoms in total. The summed E-state index contributed by atoms with van der Waals surface area (Å²) in [6.07, 6.45) is 5.81. The van der Waals surface area contributed by atoms with Crippen LogP contribution in [0.4, 0.5) is 0 Å². The smallest absolute Gasteiger partial charge is 0.267 e. The van der Waals surface area contributed by atoms with Gasteiger partial charge in [-0.1, -0.05) is 43.3 Å². The molecule has 4 aromatic rings. The summed E-state index contributed by atoms with van der Waals surface area (Å²) in [4.78, 5) is 33.2. The first kappa shape index (κ1) is 22.0. The molecule has 0 aliphatic heterocycles. The fourth-order valence-corrected chi connectivity index (χ4v) is 6.52. The van der Waals surface area contributed by atoms with Gasteiger partial charge in [-0.3, -0.25) is 14.2 Å². The van der Waals surface area contributed by atoms with Gasteiger partial charge in [-0.25, -0.2) is 4.98 Å². The molecule has 1 N–H and O–H groups in total. The lowest BCUT2D eigenvalue weighted by atomic mass is 9.86. The third-order valence-corrected chi connectivity index (χ3v) is 8.21. The molecule has 0 unspecified atom stereocenters. The molecule has 0 spiro atoms. The summed E-state index contributed by atoms with van der Waals surface area (Å²) in [5.74, 6) is 1.40. The van der Waals surface area contributed by atoms with Crippen molar-refractivity contribution in [3.8, 4) is 5.69 Å². The monoisotopic (exact) mass is 479 g/mol. The van der Waals surface area contributed by atoms with Gasteiger partial charge in [-0.05, 0) is 55.0 Å². The first-order valence-electron chi connectivity index (χ1n) is 11.2. The highest BCUT2D eigenvalue weighted by Crippen LogP contribution is 2.37. The second-order valence-corrected chi connectivity index (χ2v) is 10.2. The molecule has 0 bridgehead atoms. The average molecular weight is 480 g/mol. The van der Waals surface area contributed by atoms with Crippen molar-refractivity contribution >= 4 is 39.2 Å². The van der Waals surface area contributed by atoms with Crippen LogP contribution in [0.25, 0.3) is 15.9 Å². The Labute approximate surface area is 200 Å². The summed E-state index contributed by atoms with van der Waals surface area (Å²) in [5, 5.41) is 4.14. The zero-order valence-corrected chi connectivity index (χ0v) is 20.0. The van der Waals surface area contributed by atoms with Gasteiger partial charge < -0.3 is 9.73 Å². The molecule has 0 radical (unpaired) electrons. The molecular formula is C25H25N3O3S2. The Kier molecular flexibility index (Phi) is 6.37. The van der Waals surface area contributed by atoms with Crippen LogP contribution in [0.15, 0.2) is 63.1 Å². The molecule has 3 heterocycles. The number of hydrogen-bond acceptors (Lipinski definition) is 6. The topological polar surface area (TPSA) is 77.1 Å². The standard InChI is InChI=1S/C25H25N3O3S2/c1-2-16-10-11-19-20(13-16)33-23-22(19)24(30)28(17-7-4-3-5-8-17)25(27-23)32-15-21(29)26-14-18-9-6-12-31-18/h3-9,12,16H,2,10-11,13-15H2,1H3,(H,26,29)/t16-/m0/s1. The number of aryl methyl sites for hydroxylation is 1. The maximum absolute atomic E-state index is 13.8. The molecule has 33 heavy (non-hydrogen) atoms. The van der Waals surface area contributed by atoms with E-state index in [1.54, 1.807) is 28.2 Å². The van der Waals surface area contributed by atoms with Crippen LogP contribution in [0.1, 0.15) is 36.0 Å². The molecule has 1 amide bonds. The van der Waals surface area contributed by atoms with Crippen LogP contribution in [0, 0.1) is 5.92 Å². The number of furan rings is 1. The van der Waals surface area contributed by atoms with Crippen LogP contribution in [0.2, 0.25) is 0 Å². The van der Waals surface area contributed by atoms with E-state index in [1.807, 2.05) is 36.4 Å². The van der Waals surface area contributed by atoms with Gasteiger partial charge >= 0.3 is 0 Å². The Morgan fingerprint density at radius 3 is 2.88 bits per heavy atom. The minimum Gasteiger partial charge on any atom is -0.467 e. The van der Waals surface area contributed by atoms with Crippen molar-refractivity contribution in [2.45, 2.75) is 44.3 Å². The largest absolute Gasteiger partial charge is 0.467 e.